The Balaban J connectivity index is 2.61. The quantitative estimate of drug-likeness (QED) is 0.756. The highest BCUT2D eigenvalue weighted by Crippen LogP contribution is 2.64. The van der Waals surface area contributed by atoms with E-state index >= 15 is 0 Å². The van der Waals surface area contributed by atoms with E-state index < -0.39 is 0 Å². The minimum absolute atomic E-state index is 0.171. The molecular weight excluding hydrogens is 258 g/mol. The highest BCUT2D eigenvalue weighted by atomic mass is 32.6. The van der Waals surface area contributed by atoms with E-state index in [1.807, 2.05) is 6.07 Å². The van der Waals surface area contributed by atoms with Crippen LogP contribution in [-0.2, 0) is 0 Å². The van der Waals surface area contributed by atoms with Crippen molar-refractivity contribution in [1.29, 1.82) is 0 Å². The van der Waals surface area contributed by atoms with Gasteiger partial charge in [-0.05, 0) is 31.9 Å². The van der Waals surface area contributed by atoms with Crippen LogP contribution in [-0.4, -0.2) is 4.98 Å². The van der Waals surface area contributed by atoms with E-state index in [0.29, 0.717) is 0 Å². The normalized spacial score (nSPS) is 13.8. The summed E-state index contributed by atoms with van der Waals surface area (Å²) < 4.78 is 0. The number of hydrogen-bond donors (Lipinski definition) is 0. The van der Waals surface area contributed by atoms with Crippen LogP contribution in [0.3, 0.4) is 0 Å². The van der Waals surface area contributed by atoms with E-state index in [4.69, 9.17) is 4.98 Å². The Morgan fingerprint density at radius 1 is 1.33 bits per heavy atom. The number of rotatable bonds is 2. The average Bonchev–Trinajstić information content (AvgIpc) is 2.27. The molecule has 5 heteroatoms. The van der Waals surface area contributed by atoms with Gasteiger partial charge in [0.15, 0.2) is 0 Å². The van der Waals surface area contributed by atoms with Gasteiger partial charge in [0.2, 0.25) is 0 Å². The van der Waals surface area contributed by atoms with Crippen molar-refractivity contribution in [3.05, 3.63) is 35.9 Å². The van der Waals surface area contributed by atoms with Crippen LogP contribution in [0.4, 0.5) is 0 Å². The maximum atomic E-state index is 4.75. The molecule has 1 aromatic carbocycles. The zero-order valence-corrected chi connectivity index (χ0v) is 12.6. The van der Waals surface area contributed by atoms with Gasteiger partial charge < -0.3 is 0 Å². The molecule has 0 radical (unpaired) electrons. The highest BCUT2D eigenvalue weighted by Gasteiger charge is 2.09. The third-order valence-electron chi connectivity index (χ3n) is 2.26. The third-order valence-corrected chi connectivity index (χ3v) is 12.2. The minimum Gasteiger partial charge on any atom is -0.247 e. The average molecular weight is 271 g/mol. The monoisotopic (exact) mass is 271 g/mol. The molecule has 2 rings (SSSR count). The van der Waals surface area contributed by atoms with Crippen molar-refractivity contribution in [2.45, 2.75) is 6.92 Å². The van der Waals surface area contributed by atoms with Crippen LogP contribution in [0.2, 0.25) is 0 Å². The first kappa shape index (κ1) is 11.8. The lowest BCUT2D eigenvalue weighted by Gasteiger charge is -2.12. The van der Waals surface area contributed by atoms with Crippen LogP contribution in [0.1, 0.15) is 5.56 Å². The Morgan fingerprint density at radius 3 is 2.80 bits per heavy atom. The number of aryl methyl sites for hydroxylation is 1. The number of aromatic nitrogens is 1. The summed E-state index contributed by atoms with van der Waals surface area (Å²) in [5.74, 6) is 0. The molecule has 1 nitrogen and oxygen atoms in total. The first-order valence-corrected chi connectivity index (χ1v) is 11.2. The van der Waals surface area contributed by atoms with E-state index in [9.17, 15) is 0 Å². The Hall–Kier alpha value is 0.350. The van der Waals surface area contributed by atoms with E-state index in [1.165, 1.54) is 16.4 Å². The second kappa shape index (κ2) is 5.12. The van der Waals surface area contributed by atoms with Crippen LogP contribution < -0.4 is 5.44 Å². The number of para-hydroxylation sites is 1. The van der Waals surface area contributed by atoms with Gasteiger partial charge in [0.05, 0.1) is 11.0 Å². The molecule has 1 heterocycles. The number of benzene rings is 1. The number of fused-ring (bicyclic) bond motifs is 1. The van der Waals surface area contributed by atoms with Crippen LogP contribution in [0.5, 0.6) is 0 Å². The lowest BCUT2D eigenvalue weighted by atomic mass is 10.2. The fraction of sp³-hybridized carbons (Fsp3) is 0.100. The predicted molar refractivity (Wildman–Crippen MR) is 80.8 cm³/mol. The van der Waals surface area contributed by atoms with Crippen molar-refractivity contribution in [3.63, 3.8) is 0 Å². The topological polar surface area (TPSA) is 12.9 Å². The molecule has 15 heavy (non-hydrogen) atoms. The summed E-state index contributed by atoms with van der Waals surface area (Å²) in [6.07, 6.45) is 0. The van der Waals surface area contributed by atoms with Gasteiger partial charge in [-0.25, -0.2) is 4.98 Å². The zero-order chi connectivity index (χ0) is 10.8. The maximum absolute atomic E-state index is 4.75. The second-order valence-electron chi connectivity index (χ2n) is 3.32. The Labute approximate surface area is 97.5 Å². The smallest absolute Gasteiger partial charge is 0.0749 e. The molecule has 0 amide bonds. The van der Waals surface area contributed by atoms with Gasteiger partial charge in [0, 0.05) is 5.39 Å². The van der Waals surface area contributed by atoms with Crippen LogP contribution >= 0.6 is 33.1 Å². The Kier molecular flexibility index (Phi) is 4.04. The fourth-order valence-corrected chi connectivity index (χ4v) is 5.23. The van der Waals surface area contributed by atoms with E-state index in [0.717, 1.165) is 13.5 Å². The second-order valence-corrected chi connectivity index (χ2v) is 12.4. The molecule has 4 atom stereocenters. The van der Waals surface area contributed by atoms with Crippen molar-refractivity contribution in [2.75, 3.05) is 0 Å². The third kappa shape index (κ3) is 2.54. The number of pyridine rings is 1. The molecular formula is C10H13NP4. The number of hydrogen-bond acceptors (Lipinski definition) is 1. The minimum atomic E-state index is -0.171. The lowest BCUT2D eigenvalue weighted by Crippen LogP contribution is -2.06. The standard InChI is InChI=1S/C10H13NP4/c1-7-6-8-4-2-3-5-9(8)11-10(7)15(13)14-12/h2-6,14H,12-13H2,1H3. The molecule has 0 aliphatic carbocycles. The molecule has 78 valence electrons. The van der Waals surface area contributed by atoms with Crippen LogP contribution in [0.15, 0.2) is 30.3 Å². The van der Waals surface area contributed by atoms with Gasteiger partial charge in [-0.15, -0.1) is 17.9 Å². The summed E-state index contributed by atoms with van der Waals surface area (Å²) >= 11 is 0. The Morgan fingerprint density at radius 2 is 2.07 bits per heavy atom. The van der Waals surface area contributed by atoms with Crippen molar-refractivity contribution in [3.8, 4) is 0 Å². The summed E-state index contributed by atoms with van der Waals surface area (Å²) in [5.41, 5.74) is 3.68. The summed E-state index contributed by atoms with van der Waals surface area (Å²) in [5, 5.41) is 1.24. The van der Waals surface area contributed by atoms with Gasteiger partial charge in [-0.3, -0.25) is 0 Å². The summed E-state index contributed by atoms with van der Waals surface area (Å²) in [6, 6.07) is 10.5. The first-order chi connectivity index (χ1) is 7.22. The Bertz CT molecular complexity index is 486. The summed E-state index contributed by atoms with van der Waals surface area (Å²) in [7, 11) is 6.44. The van der Waals surface area contributed by atoms with Gasteiger partial charge in [-0.2, -0.15) is 0 Å². The van der Waals surface area contributed by atoms with Crippen LogP contribution in [0, 0.1) is 6.92 Å². The molecule has 0 aliphatic rings. The number of nitrogens with zero attached hydrogens (tertiary/aromatic N) is 1. The lowest BCUT2D eigenvalue weighted by molar-refractivity contribution is 1.40. The summed E-state index contributed by atoms with van der Waals surface area (Å²) in [6.45, 7) is 2.15. The first-order valence-electron chi connectivity index (χ1n) is 4.60. The molecule has 0 fully saturated rings. The van der Waals surface area contributed by atoms with Crippen molar-refractivity contribution in [2.24, 2.45) is 0 Å². The van der Waals surface area contributed by atoms with Crippen LogP contribution in [0.25, 0.3) is 10.9 Å². The predicted octanol–water partition coefficient (Wildman–Crippen LogP) is 3.82. The molecule has 0 N–H and O–H groups in total. The maximum Gasteiger partial charge on any atom is 0.0749 e. The molecule has 0 aliphatic heterocycles. The van der Waals surface area contributed by atoms with E-state index in [1.54, 1.807) is 0 Å². The zero-order valence-electron chi connectivity index (χ0n) is 8.44. The van der Waals surface area contributed by atoms with Crippen molar-refractivity contribution in [1.82, 2.24) is 4.98 Å². The fourth-order valence-electron chi connectivity index (χ4n) is 1.52. The van der Waals surface area contributed by atoms with E-state index in [2.05, 4.69) is 49.0 Å². The summed E-state index contributed by atoms with van der Waals surface area (Å²) in [4.78, 5) is 4.75. The van der Waals surface area contributed by atoms with Gasteiger partial charge in [0.25, 0.3) is 0 Å². The molecule has 0 saturated heterocycles. The molecule has 2 aromatic rings. The largest absolute Gasteiger partial charge is 0.247 e. The van der Waals surface area contributed by atoms with Gasteiger partial charge >= 0.3 is 0 Å². The van der Waals surface area contributed by atoms with Gasteiger partial charge in [0.1, 0.15) is 0 Å². The molecule has 1 aromatic heterocycles. The van der Waals surface area contributed by atoms with Gasteiger partial charge in [-0.1, -0.05) is 26.2 Å². The molecule has 4 unspecified atom stereocenters. The van der Waals surface area contributed by atoms with Crippen molar-refractivity contribution < 1.29 is 0 Å². The molecule has 0 spiro atoms. The molecule has 0 saturated carbocycles. The highest BCUT2D eigenvalue weighted by molar-refractivity contribution is 8.63. The van der Waals surface area contributed by atoms with Crippen molar-refractivity contribution >= 4 is 49.5 Å². The SMILES string of the molecule is Cc1cc2ccccc2nc1P(P)PP. The molecule has 0 bridgehead atoms. The van der Waals surface area contributed by atoms with E-state index in [-0.39, 0.29) is 7.30 Å².